The maximum atomic E-state index is 13.0. The number of hydrogen-bond donors (Lipinski definition) is 1. The van der Waals surface area contributed by atoms with Gasteiger partial charge in [-0.05, 0) is 19.1 Å². The Morgan fingerprint density at radius 3 is 2.33 bits per heavy atom. The number of nitrogens with zero attached hydrogens (tertiary/aromatic N) is 2. The Morgan fingerprint density at radius 2 is 1.74 bits per heavy atom. The molecule has 0 amide bonds. The van der Waals surface area contributed by atoms with Gasteiger partial charge >= 0.3 is 16.7 Å². The first-order valence-electron chi connectivity index (χ1n) is 7.28. The van der Waals surface area contributed by atoms with Crippen LogP contribution in [0, 0.1) is 16.1 Å². The molecule has 0 bridgehead atoms. The Morgan fingerprint density at radius 1 is 1.19 bits per heavy atom. The van der Waals surface area contributed by atoms with E-state index in [1.165, 1.54) is 25.1 Å². The standard InChI is InChI=1S/C17H13F3N2O.HNO2S/c1-12(15-8-4-5-9-16(15)17(18,19)20)22-23-11-14-7-3-2-6-13(14)10-21;1-4(2)3/h2-9H,11H2,1H3;1H/b22-12+;. The molecule has 2 rings (SSSR count). The highest BCUT2D eigenvalue weighted by Crippen LogP contribution is 2.32. The first-order valence-corrected chi connectivity index (χ1v) is 8.36. The topological polar surface area (TPSA) is 103 Å². The number of alkyl halides is 3. The summed E-state index contributed by atoms with van der Waals surface area (Å²) in [6.07, 6.45) is -4.46. The van der Waals surface area contributed by atoms with Crippen LogP contribution in [0.15, 0.2) is 53.7 Å². The molecule has 0 aliphatic rings. The fourth-order valence-corrected chi connectivity index (χ4v) is 2.05. The first kappa shape index (κ1) is 21.9. The number of benzene rings is 2. The molecule has 0 saturated heterocycles. The molecule has 0 heterocycles. The van der Waals surface area contributed by atoms with Gasteiger partial charge in [-0.1, -0.05) is 41.6 Å². The summed E-state index contributed by atoms with van der Waals surface area (Å²) in [5.41, 5.74) is 0.384. The van der Waals surface area contributed by atoms with Crippen LogP contribution in [-0.4, -0.2) is 14.1 Å². The van der Waals surface area contributed by atoms with Crippen LogP contribution in [0.5, 0.6) is 0 Å². The van der Waals surface area contributed by atoms with Gasteiger partial charge in [-0.3, -0.25) is 0 Å². The molecule has 0 unspecified atom stereocenters. The SMILES string of the molecule is C/C(=N\OCc1ccccc1C#N)c1ccccc1C(F)(F)F.N=S(=O)=O. The van der Waals surface area contributed by atoms with Gasteiger partial charge in [-0.25, -0.2) is 0 Å². The van der Waals surface area contributed by atoms with Crippen LogP contribution < -0.4 is 0 Å². The molecule has 0 fully saturated rings. The number of halogens is 3. The van der Waals surface area contributed by atoms with Gasteiger partial charge in [0.15, 0.2) is 0 Å². The van der Waals surface area contributed by atoms with Crippen LogP contribution in [0.3, 0.4) is 0 Å². The number of nitriles is 1. The minimum Gasteiger partial charge on any atom is -0.391 e. The van der Waals surface area contributed by atoms with Gasteiger partial charge in [0.25, 0.3) is 0 Å². The zero-order valence-corrected chi connectivity index (χ0v) is 14.8. The highest BCUT2D eigenvalue weighted by molar-refractivity contribution is 7.60. The van der Waals surface area contributed by atoms with Crippen molar-refractivity contribution in [2.24, 2.45) is 5.16 Å². The van der Waals surface area contributed by atoms with Gasteiger partial charge in [-0.15, -0.1) is 0 Å². The van der Waals surface area contributed by atoms with Crippen LogP contribution >= 0.6 is 0 Å². The number of oxime groups is 1. The first-order chi connectivity index (χ1) is 12.7. The summed E-state index contributed by atoms with van der Waals surface area (Å²) in [6, 6.07) is 14.0. The van der Waals surface area contributed by atoms with E-state index in [1.807, 2.05) is 6.07 Å². The molecule has 142 valence electrons. The van der Waals surface area contributed by atoms with Gasteiger partial charge in [0.05, 0.1) is 22.9 Å². The minimum absolute atomic E-state index is 0.00918. The molecule has 2 aromatic carbocycles. The summed E-state index contributed by atoms with van der Waals surface area (Å²) in [7, 11) is -2.61. The number of rotatable bonds is 4. The van der Waals surface area contributed by atoms with E-state index in [1.54, 1.807) is 24.3 Å². The van der Waals surface area contributed by atoms with Crippen molar-refractivity contribution < 1.29 is 26.4 Å². The van der Waals surface area contributed by atoms with E-state index >= 15 is 0 Å². The van der Waals surface area contributed by atoms with E-state index in [2.05, 4.69) is 5.16 Å². The summed E-state index contributed by atoms with van der Waals surface area (Å²) in [5.74, 6) is 0. The molecule has 0 aliphatic carbocycles. The molecular formula is C17H14F3N3O3S. The predicted molar refractivity (Wildman–Crippen MR) is 91.2 cm³/mol. The molecule has 0 spiro atoms. The lowest BCUT2D eigenvalue weighted by Gasteiger charge is -2.12. The van der Waals surface area contributed by atoms with Crippen LogP contribution in [0.4, 0.5) is 13.2 Å². The van der Waals surface area contributed by atoms with Gasteiger partial charge in [0.1, 0.15) is 6.61 Å². The summed E-state index contributed by atoms with van der Waals surface area (Å²) < 4.78 is 61.7. The average molecular weight is 397 g/mol. The van der Waals surface area contributed by atoms with Crippen molar-refractivity contribution in [3.63, 3.8) is 0 Å². The Kier molecular flexibility index (Phi) is 8.16. The fraction of sp³-hybridized carbons (Fsp3) is 0.176. The fourth-order valence-electron chi connectivity index (χ4n) is 2.05. The van der Waals surface area contributed by atoms with Crippen molar-refractivity contribution in [2.45, 2.75) is 19.7 Å². The quantitative estimate of drug-likeness (QED) is 0.618. The van der Waals surface area contributed by atoms with Crippen molar-refractivity contribution in [3.8, 4) is 6.07 Å². The minimum atomic E-state index is -4.46. The molecule has 0 aromatic heterocycles. The highest BCUT2D eigenvalue weighted by Gasteiger charge is 2.33. The molecule has 6 nitrogen and oxygen atoms in total. The summed E-state index contributed by atoms with van der Waals surface area (Å²) >= 11 is 0. The Labute approximate surface area is 155 Å². The summed E-state index contributed by atoms with van der Waals surface area (Å²) in [6.45, 7) is 1.45. The monoisotopic (exact) mass is 397 g/mol. The van der Waals surface area contributed by atoms with Gasteiger partial charge in [0.2, 0.25) is 0 Å². The third-order valence-corrected chi connectivity index (χ3v) is 3.18. The van der Waals surface area contributed by atoms with Crippen LogP contribution in [0.1, 0.15) is 29.2 Å². The molecule has 0 radical (unpaired) electrons. The maximum Gasteiger partial charge on any atom is 0.417 e. The second-order valence-corrected chi connectivity index (χ2v) is 5.47. The molecule has 2 aromatic rings. The summed E-state index contributed by atoms with van der Waals surface area (Å²) in [5, 5.41) is 12.7. The Balaban J connectivity index is 0.000000828. The van der Waals surface area contributed by atoms with E-state index in [4.69, 9.17) is 23.3 Å². The average Bonchev–Trinajstić information content (AvgIpc) is 2.61. The van der Waals surface area contributed by atoms with E-state index in [0.717, 1.165) is 6.07 Å². The lowest BCUT2D eigenvalue weighted by molar-refractivity contribution is -0.137. The van der Waals surface area contributed by atoms with Crippen LogP contribution in [-0.2, 0) is 28.1 Å². The van der Waals surface area contributed by atoms with Crippen molar-refractivity contribution >= 4 is 16.2 Å². The Hall–Kier alpha value is -3.19. The predicted octanol–water partition coefficient (Wildman–Crippen LogP) is 4.15. The van der Waals surface area contributed by atoms with Crippen molar-refractivity contribution in [2.75, 3.05) is 0 Å². The van der Waals surface area contributed by atoms with Crippen molar-refractivity contribution in [3.05, 3.63) is 70.8 Å². The van der Waals surface area contributed by atoms with Gasteiger partial charge < -0.3 is 4.84 Å². The summed E-state index contributed by atoms with van der Waals surface area (Å²) in [4.78, 5) is 5.12. The van der Waals surface area contributed by atoms with Crippen molar-refractivity contribution in [1.29, 1.82) is 10.0 Å². The molecule has 0 atom stereocenters. The third-order valence-electron chi connectivity index (χ3n) is 3.18. The highest BCUT2D eigenvalue weighted by atomic mass is 32.2. The molecule has 0 saturated carbocycles. The molecule has 0 aliphatic heterocycles. The second-order valence-electron chi connectivity index (χ2n) is 5.00. The molecule has 27 heavy (non-hydrogen) atoms. The van der Waals surface area contributed by atoms with E-state index < -0.39 is 22.2 Å². The Bertz CT molecular complexity index is 959. The van der Waals surface area contributed by atoms with Gasteiger partial charge in [0, 0.05) is 11.1 Å². The van der Waals surface area contributed by atoms with E-state index in [0.29, 0.717) is 11.1 Å². The largest absolute Gasteiger partial charge is 0.417 e. The smallest absolute Gasteiger partial charge is 0.391 e. The number of hydrogen-bond acceptors (Lipinski definition) is 6. The maximum absolute atomic E-state index is 13.0. The zero-order valence-electron chi connectivity index (χ0n) is 14.0. The van der Waals surface area contributed by atoms with E-state index in [9.17, 15) is 13.2 Å². The lowest BCUT2D eigenvalue weighted by atomic mass is 10.0. The lowest BCUT2D eigenvalue weighted by Crippen LogP contribution is -2.12. The van der Waals surface area contributed by atoms with Crippen molar-refractivity contribution in [1.82, 2.24) is 0 Å². The zero-order chi connectivity index (χ0) is 20.4. The second kappa shape index (κ2) is 10.1. The van der Waals surface area contributed by atoms with Crippen LogP contribution in [0.25, 0.3) is 0 Å². The normalized spacial score (nSPS) is 11.0. The van der Waals surface area contributed by atoms with Gasteiger partial charge in [-0.2, -0.15) is 31.6 Å². The molecule has 10 heteroatoms. The molecule has 1 N–H and O–H groups in total. The van der Waals surface area contributed by atoms with Crippen LogP contribution in [0.2, 0.25) is 0 Å². The number of nitrogens with one attached hydrogen (secondary N) is 1. The third kappa shape index (κ3) is 7.29. The van der Waals surface area contributed by atoms with E-state index in [-0.39, 0.29) is 17.9 Å². The molecular weight excluding hydrogens is 383 g/mol.